The van der Waals surface area contributed by atoms with Gasteiger partial charge in [-0.25, -0.2) is 23.1 Å². The summed E-state index contributed by atoms with van der Waals surface area (Å²) in [6, 6.07) is 16.7. The Kier molecular flexibility index (Phi) is 4.58. The number of carbonyl (C=O) groups excluding carboxylic acids is 1. The molecule has 1 heterocycles. The van der Waals surface area contributed by atoms with Crippen molar-refractivity contribution < 1.29 is 13.2 Å². The van der Waals surface area contributed by atoms with E-state index in [1.807, 2.05) is 29.8 Å². The lowest BCUT2D eigenvalue weighted by Gasteiger charge is -2.07. The monoisotopic (exact) mass is 353 g/mol. The molecule has 0 atom stereocenters. The van der Waals surface area contributed by atoms with Crippen LogP contribution in [0.25, 0.3) is 11.4 Å². The number of nitrogens with one attached hydrogen (secondary N) is 1. The molecule has 0 aliphatic heterocycles. The second-order valence-electron chi connectivity index (χ2n) is 5.38. The maximum absolute atomic E-state index is 12.3. The zero-order chi connectivity index (χ0) is 17.9. The van der Waals surface area contributed by atoms with Gasteiger partial charge in [0, 0.05) is 11.8 Å². The summed E-state index contributed by atoms with van der Waals surface area (Å²) >= 11 is 0. The summed E-state index contributed by atoms with van der Waals surface area (Å²) in [5.41, 5.74) is 1.64. The molecule has 0 fully saturated rings. The molecule has 7 heteroatoms. The van der Waals surface area contributed by atoms with Gasteiger partial charge in [0.05, 0.1) is 4.90 Å². The van der Waals surface area contributed by atoms with Crippen LogP contribution < -0.4 is 4.72 Å². The van der Waals surface area contributed by atoms with E-state index < -0.39 is 15.9 Å². The van der Waals surface area contributed by atoms with Gasteiger partial charge in [-0.1, -0.05) is 48.0 Å². The molecule has 0 radical (unpaired) electrons. The van der Waals surface area contributed by atoms with Crippen LogP contribution in [0.4, 0.5) is 0 Å². The minimum atomic E-state index is -3.96. The van der Waals surface area contributed by atoms with Crippen LogP contribution in [-0.4, -0.2) is 24.3 Å². The van der Waals surface area contributed by atoms with Gasteiger partial charge in [-0.3, -0.25) is 4.79 Å². The van der Waals surface area contributed by atoms with E-state index >= 15 is 0 Å². The van der Waals surface area contributed by atoms with Crippen molar-refractivity contribution in [3.63, 3.8) is 0 Å². The third kappa shape index (κ3) is 3.89. The fourth-order valence-corrected chi connectivity index (χ4v) is 3.12. The molecule has 1 amide bonds. The van der Waals surface area contributed by atoms with Gasteiger partial charge < -0.3 is 0 Å². The fraction of sp³-hybridized carbons (Fsp3) is 0.0556. The summed E-state index contributed by atoms with van der Waals surface area (Å²) in [6.07, 6.45) is 1.42. The second-order valence-corrected chi connectivity index (χ2v) is 7.06. The Bertz CT molecular complexity index is 1000. The quantitative estimate of drug-likeness (QED) is 0.779. The molecule has 1 N–H and O–H groups in total. The minimum absolute atomic E-state index is 0.0174. The molecule has 3 aromatic rings. The third-order valence-corrected chi connectivity index (χ3v) is 4.83. The third-order valence-electron chi connectivity index (χ3n) is 3.48. The zero-order valence-corrected chi connectivity index (χ0v) is 14.2. The number of aromatic nitrogens is 2. The van der Waals surface area contributed by atoms with Gasteiger partial charge in [0.2, 0.25) is 0 Å². The van der Waals surface area contributed by atoms with Crippen LogP contribution >= 0.6 is 0 Å². The smallest absolute Gasteiger partial charge is 0.266 e. The molecule has 25 heavy (non-hydrogen) atoms. The summed E-state index contributed by atoms with van der Waals surface area (Å²) in [7, 11) is -3.96. The van der Waals surface area contributed by atoms with Crippen molar-refractivity contribution in [1.29, 1.82) is 0 Å². The molecule has 0 aliphatic rings. The number of benzene rings is 2. The summed E-state index contributed by atoms with van der Waals surface area (Å²) in [4.78, 5) is 20.6. The average Bonchev–Trinajstić information content (AvgIpc) is 2.62. The number of sulfonamides is 1. The van der Waals surface area contributed by atoms with Gasteiger partial charge in [-0.05, 0) is 25.1 Å². The lowest BCUT2D eigenvalue weighted by Crippen LogP contribution is -2.31. The largest absolute Gasteiger partial charge is 0.283 e. The zero-order valence-electron chi connectivity index (χ0n) is 13.4. The van der Waals surface area contributed by atoms with E-state index in [1.54, 1.807) is 24.3 Å². The highest BCUT2D eigenvalue weighted by atomic mass is 32.2. The van der Waals surface area contributed by atoms with Crippen molar-refractivity contribution >= 4 is 15.9 Å². The Hall–Kier alpha value is -3.06. The van der Waals surface area contributed by atoms with Gasteiger partial charge in [0.25, 0.3) is 15.9 Å². The number of aryl methyl sites for hydroxylation is 1. The van der Waals surface area contributed by atoms with Gasteiger partial charge in [0.1, 0.15) is 5.69 Å². The number of hydrogen-bond acceptors (Lipinski definition) is 5. The van der Waals surface area contributed by atoms with Crippen LogP contribution in [0.5, 0.6) is 0 Å². The maximum Gasteiger partial charge on any atom is 0.283 e. The molecule has 0 aliphatic carbocycles. The first-order valence-electron chi connectivity index (χ1n) is 7.48. The van der Waals surface area contributed by atoms with E-state index in [-0.39, 0.29) is 10.6 Å². The highest BCUT2D eigenvalue weighted by Crippen LogP contribution is 2.14. The van der Waals surface area contributed by atoms with E-state index in [0.29, 0.717) is 5.82 Å². The van der Waals surface area contributed by atoms with Crippen LogP contribution in [0.2, 0.25) is 0 Å². The summed E-state index contributed by atoms with van der Waals surface area (Å²) in [6.45, 7) is 1.85. The molecule has 0 saturated carbocycles. The summed E-state index contributed by atoms with van der Waals surface area (Å²) in [5.74, 6) is -0.457. The Morgan fingerprint density at radius 2 is 1.64 bits per heavy atom. The predicted molar refractivity (Wildman–Crippen MR) is 93.3 cm³/mol. The number of hydrogen-bond donors (Lipinski definition) is 1. The molecule has 1 aromatic heterocycles. The van der Waals surface area contributed by atoms with Gasteiger partial charge in [-0.2, -0.15) is 0 Å². The SMILES string of the molecule is Cc1ccc(S(=O)(=O)NC(=O)c2ccnc(-c3ccccc3)n2)cc1. The Balaban J connectivity index is 1.85. The predicted octanol–water partition coefficient (Wildman–Crippen LogP) is 2.57. The molecule has 0 bridgehead atoms. The van der Waals surface area contributed by atoms with Crippen molar-refractivity contribution in [3.05, 3.63) is 78.1 Å². The lowest BCUT2D eigenvalue weighted by atomic mass is 10.2. The van der Waals surface area contributed by atoms with Crippen molar-refractivity contribution in [3.8, 4) is 11.4 Å². The van der Waals surface area contributed by atoms with Crippen molar-refractivity contribution in [2.45, 2.75) is 11.8 Å². The van der Waals surface area contributed by atoms with Crippen LogP contribution in [0, 0.1) is 6.92 Å². The van der Waals surface area contributed by atoms with Crippen LogP contribution in [0.3, 0.4) is 0 Å². The van der Waals surface area contributed by atoms with Crippen LogP contribution in [0.1, 0.15) is 16.1 Å². The Labute approximate surface area is 145 Å². The van der Waals surface area contributed by atoms with E-state index in [4.69, 9.17) is 0 Å². The molecule has 0 saturated heterocycles. The van der Waals surface area contributed by atoms with E-state index in [0.717, 1.165) is 11.1 Å². The van der Waals surface area contributed by atoms with Gasteiger partial charge >= 0.3 is 0 Å². The number of carbonyl (C=O) groups is 1. The topological polar surface area (TPSA) is 89.0 Å². The minimum Gasteiger partial charge on any atom is -0.266 e. The van der Waals surface area contributed by atoms with Crippen molar-refractivity contribution in [1.82, 2.24) is 14.7 Å². The highest BCUT2D eigenvalue weighted by Gasteiger charge is 2.20. The maximum atomic E-state index is 12.3. The number of nitrogens with zero attached hydrogens (tertiary/aromatic N) is 2. The normalized spacial score (nSPS) is 11.1. The summed E-state index contributed by atoms with van der Waals surface area (Å²) < 4.78 is 26.6. The van der Waals surface area contributed by atoms with Gasteiger partial charge in [-0.15, -0.1) is 0 Å². The Morgan fingerprint density at radius 1 is 0.960 bits per heavy atom. The van der Waals surface area contributed by atoms with Crippen molar-refractivity contribution in [2.24, 2.45) is 0 Å². The fourth-order valence-electron chi connectivity index (χ4n) is 2.16. The van der Waals surface area contributed by atoms with Gasteiger partial charge in [0.15, 0.2) is 5.82 Å². The molecular formula is C18H15N3O3S. The van der Waals surface area contributed by atoms with Crippen LogP contribution in [0.15, 0.2) is 71.8 Å². The number of rotatable bonds is 4. The molecule has 126 valence electrons. The molecular weight excluding hydrogens is 338 g/mol. The highest BCUT2D eigenvalue weighted by molar-refractivity contribution is 7.90. The van der Waals surface area contributed by atoms with E-state index in [1.165, 1.54) is 24.4 Å². The first-order chi connectivity index (χ1) is 12.0. The Morgan fingerprint density at radius 3 is 2.32 bits per heavy atom. The van der Waals surface area contributed by atoms with E-state index in [9.17, 15) is 13.2 Å². The standard InChI is InChI=1S/C18H15N3O3S/c1-13-7-9-15(10-8-13)25(23,24)21-18(22)16-11-12-19-17(20-16)14-5-3-2-4-6-14/h2-12H,1H3,(H,21,22). The van der Waals surface area contributed by atoms with Crippen LogP contribution in [-0.2, 0) is 10.0 Å². The molecule has 0 unspecified atom stereocenters. The molecule has 2 aromatic carbocycles. The average molecular weight is 353 g/mol. The summed E-state index contributed by atoms with van der Waals surface area (Å²) in [5, 5.41) is 0. The second kappa shape index (κ2) is 6.82. The first-order valence-corrected chi connectivity index (χ1v) is 8.96. The molecule has 6 nitrogen and oxygen atoms in total. The lowest BCUT2D eigenvalue weighted by molar-refractivity contribution is 0.0976. The van der Waals surface area contributed by atoms with Crippen molar-refractivity contribution in [2.75, 3.05) is 0 Å². The molecule has 0 spiro atoms. The number of amides is 1. The first kappa shape index (κ1) is 16.8. The molecule has 3 rings (SSSR count). The van der Waals surface area contributed by atoms with E-state index in [2.05, 4.69) is 9.97 Å².